The fraction of sp³-hybridized carbons (Fsp3) is 0.152. The Kier molecular flexibility index (Phi) is 7.15. The third-order valence-corrected chi connectivity index (χ3v) is 8.33. The van der Waals surface area contributed by atoms with Crippen molar-refractivity contribution < 1.29 is 18.8 Å². The summed E-state index contributed by atoms with van der Waals surface area (Å²) in [6.45, 7) is 2.20. The summed E-state index contributed by atoms with van der Waals surface area (Å²) in [4.78, 5) is 47.6. The van der Waals surface area contributed by atoms with Gasteiger partial charge in [-0.25, -0.2) is 14.3 Å². The fourth-order valence-corrected chi connectivity index (χ4v) is 6.19. The minimum atomic E-state index is -1.04. The van der Waals surface area contributed by atoms with Crippen LogP contribution in [-0.2, 0) is 16.0 Å². The number of aryl methyl sites for hydroxylation is 1. The second kappa shape index (κ2) is 11.1. The highest BCUT2D eigenvalue weighted by atomic mass is 32.1. The molecule has 1 fully saturated rings. The van der Waals surface area contributed by atoms with Crippen LogP contribution in [0.5, 0.6) is 0 Å². The Morgan fingerprint density at radius 2 is 1.71 bits per heavy atom. The van der Waals surface area contributed by atoms with E-state index in [1.54, 1.807) is 29.5 Å². The summed E-state index contributed by atoms with van der Waals surface area (Å²) in [6.07, 6.45) is 0.280. The number of carbonyl (C=O) groups excluding carboxylic acids is 3. The molecule has 1 atom stereocenters. The Hall–Kier alpha value is -4.69. The maximum absolute atomic E-state index is 14.6. The average Bonchev–Trinajstić information content (AvgIpc) is 3.53. The van der Waals surface area contributed by atoms with Gasteiger partial charge < -0.3 is 4.90 Å². The Bertz CT molecular complexity index is 1770. The molecule has 0 aliphatic carbocycles. The van der Waals surface area contributed by atoms with E-state index in [-0.39, 0.29) is 18.5 Å². The van der Waals surface area contributed by atoms with Crippen LogP contribution >= 0.6 is 11.3 Å². The standard InChI is InChI=1S/C33H26FN3O3S/c1-21-11-16-27-29(19-21)41-31(35-27)23-12-14-24(15-13-23)37-30(38)20-28(33(37)40)36(18-17-22-7-3-2-4-8-22)32(39)25-9-5-6-10-26(25)34/h2-16,19,28H,17-18,20H2,1H3. The highest BCUT2D eigenvalue weighted by molar-refractivity contribution is 7.21. The van der Waals surface area contributed by atoms with Gasteiger partial charge >= 0.3 is 0 Å². The van der Waals surface area contributed by atoms with Crippen LogP contribution in [0.15, 0.2) is 97.1 Å². The molecule has 1 saturated heterocycles. The van der Waals surface area contributed by atoms with Crippen molar-refractivity contribution in [2.45, 2.75) is 25.8 Å². The third kappa shape index (κ3) is 5.26. The number of fused-ring (bicyclic) bond motifs is 1. The summed E-state index contributed by atoms with van der Waals surface area (Å²) >= 11 is 1.58. The molecule has 3 amide bonds. The lowest BCUT2D eigenvalue weighted by molar-refractivity contribution is -0.122. The molecule has 41 heavy (non-hydrogen) atoms. The van der Waals surface area contributed by atoms with Crippen molar-refractivity contribution in [1.29, 1.82) is 0 Å². The first kappa shape index (κ1) is 26.5. The Labute approximate surface area is 240 Å². The number of hydrogen-bond acceptors (Lipinski definition) is 5. The molecule has 1 aliphatic rings. The maximum Gasteiger partial charge on any atom is 0.257 e. The highest BCUT2D eigenvalue weighted by Crippen LogP contribution is 2.33. The van der Waals surface area contributed by atoms with Gasteiger partial charge in [-0.05, 0) is 73.0 Å². The molecule has 5 aromatic rings. The zero-order valence-corrected chi connectivity index (χ0v) is 23.1. The van der Waals surface area contributed by atoms with Crippen molar-refractivity contribution in [2.75, 3.05) is 11.4 Å². The van der Waals surface area contributed by atoms with E-state index in [4.69, 9.17) is 4.98 Å². The zero-order chi connectivity index (χ0) is 28.5. The monoisotopic (exact) mass is 563 g/mol. The van der Waals surface area contributed by atoms with Crippen LogP contribution in [0.2, 0.25) is 0 Å². The van der Waals surface area contributed by atoms with Crippen LogP contribution in [0.3, 0.4) is 0 Å². The van der Waals surface area contributed by atoms with Crippen molar-refractivity contribution in [3.63, 3.8) is 0 Å². The molecular formula is C33H26FN3O3S. The molecule has 8 heteroatoms. The summed E-state index contributed by atoms with van der Waals surface area (Å²) in [5, 5.41) is 0.844. The molecule has 0 bridgehead atoms. The first-order valence-electron chi connectivity index (χ1n) is 13.3. The lowest BCUT2D eigenvalue weighted by Crippen LogP contribution is -2.46. The van der Waals surface area contributed by atoms with Crippen LogP contribution in [0.1, 0.15) is 27.9 Å². The quantitative estimate of drug-likeness (QED) is 0.214. The number of hydrogen-bond donors (Lipinski definition) is 0. The van der Waals surface area contributed by atoms with Gasteiger partial charge in [0.15, 0.2) is 0 Å². The molecule has 0 N–H and O–H groups in total. The number of carbonyl (C=O) groups is 3. The summed E-state index contributed by atoms with van der Waals surface area (Å²) in [5.41, 5.74) is 4.22. The number of imide groups is 1. The van der Waals surface area contributed by atoms with Crippen molar-refractivity contribution in [3.8, 4) is 10.6 Å². The minimum Gasteiger partial charge on any atom is -0.326 e. The number of rotatable bonds is 7. The SMILES string of the molecule is Cc1ccc2nc(-c3ccc(N4C(=O)CC(N(CCc5ccccc5)C(=O)c5ccccc5F)C4=O)cc3)sc2c1. The fourth-order valence-electron chi connectivity index (χ4n) is 5.12. The topological polar surface area (TPSA) is 70.6 Å². The van der Waals surface area contributed by atoms with Gasteiger partial charge in [0.1, 0.15) is 16.9 Å². The van der Waals surface area contributed by atoms with Gasteiger partial charge in [0, 0.05) is 12.1 Å². The van der Waals surface area contributed by atoms with Gasteiger partial charge in [-0.1, -0.05) is 48.5 Å². The van der Waals surface area contributed by atoms with E-state index in [9.17, 15) is 18.8 Å². The second-order valence-electron chi connectivity index (χ2n) is 10.0. The predicted octanol–water partition coefficient (Wildman–Crippen LogP) is 6.43. The van der Waals surface area contributed by atoms with E-state index in [1.165, 1.54) is 23.1 Å². The number of halogens is 1. The molecule has 0 spiro atoms. The minimum absolute atomic E-state index is 0.130. The molecule has 6 rings (SSSR count). The van der Waals surface area contributed by atoms with Gasteiger partial charge in [-0.15, -0.1) is 11.3 Å². The lowest BCUT2D eigenvalue weighted by atomic mass is 10.1. The Balaban J connectivity index is 1.27. The van der Waals surface area contributed by atoms with E-state index < -0.39 is 29.6 Å². The highest BCUT2D eigenvalue weighted by Gasteiger charge is 2.44. The van der Waals surface area contributed by atoms with Crippen molar-refractivity contribution in [1.82, 2.24) is 9.88 Å². The van der Waals surface area contributed by atoms with Crippen molar-refractivity contribution >= 4 is 45.0 Å². The first-order chi connectivity index (χ1) is 19.9. The number of nitrogens with zero attached hydrogens (tertiary/aromatic N) is 3. The lowest BCUT2D eigenvalue weighted by Gasteiger charge is -2.28. The van der Waals surface area contributed by atoms with Gasteiger partial charge in [0.05, 0.1) is 27.9 Å². The van der Waals surface area contributed by atoms with E-state index in [2.05, 4.69) is 6.07 Å². The second-order valence-corrected chi connectivity index (χ2v) is 11.1. The molecule has 4 aromatic carbocycles. The van der Waals surface area contributed by atoms with Gasteiger partial charge in [-0.3, -0.25) is 14.4 Å². The number of benzene rings is 4. The largest absolute Gasteiger partial charge is 0.326 e. The first-order valence-corrected chi connectivity index (χ1v) is 14.1. The zero-order valence-electron chi connectivity index (χ0n) is 22.3. The Morgan fingerprint density at radius 3 is 2.46 bits per heavy atom. The molecule has 1 aromatic heterocycles. The van der Waals surface area contributed by atoms with Gasteiger partial charge in [0.2, 0.25) is 5.91 Å². The number of anilines is 1. The molecular weight excluding hydrogens is 537 g/mol. The van der Waals surface area contributed by atoms with Gasteiger partial charge in [0.25, 0.3) is 11.8 Å². The van der Waals surface area contributed by atoms with E-state index in [0.29, 0.717) is 12.1 Å². The molecule has 1 unspecified atom stereocenters. The van der Waals surface area contributed by atoms with Crippen LogP contribution < -0.4 is 4.90 Å². The molecule has 204 valence electrons. The normalized spacial score (nSPS) is 15.1. The third-order valence-electron chi connectivity index (χ3n) is 7.26. The van der Waals surface area contributed by atoms with Crippen LogP contribution in [0, 0.1) is 12.7 Å². The molecule has 0 radical (unpaired) electrons. The maximum atomic E-state index is 14.6. The molecule has 2 heterocycles. The van der Waals surface area contributed by atoms with Crippen molar-refractivity contribution in [3.05, 3.63) is 120 Å². The summed E-state index contributed by atoms with van der Waals surface area (Å²) < 4.78 is 15.7. The summed E-state index contributed by atoms with van der Waals surface area (Å²) in [7, 11) is 0. The summed E-state index contributed by atoms with van der Waals surface area (Å²) in [5.74, 6) is -2.20. The van der Waals surface area contributed by atoms with E-state index in [1.807, 2.05) is 61.5 Å². The number of thiazole rings is 1. The molecule has 1 aliphatic heterocycles. The number of amides is 3. The van der Waals surface area contributed by atoms with Crippen molar-refractivity contribution in [2.24, 2.45) is 0 Å². The molecule has 0 saturated carbocycles. The van der Waals surface area contributed by atoms with E-state index in [0.717, 1.165) is 36.8 Å². The smallest absolute Gasteiger partial charge is 0.257 e. The molecule has 6 nitrogen and oxygen atoms in total. The number of aromatic nitrogens is 1. The summed E-state index contributed by atoms with van der Waals surface area (Å²) in [6, 6.07) is 27.4. The van der Waals surface area contributed by atoms with Crippen LogP contribution in [0.4, 0.5) is 10.1 Å². The van der Waals surface area contributed by atoms with Gasteiger partial charge in [-0.2, -0.15) is 0 Å². The Morgan fingerprint density at radius 1 is 0.976 bits per heavy atom. The predicted molar refractivity (Wildman–Crippen MR) is 158 cm³/mol. The van der Waals surface area contributed by atoms with Crippen LogP contribution in [-0.4, -0.2) is 40.2 Å². The average molecular weight is 564 g/mol. The van der Waals surface area contributed by atoms with E-state index >= 15 is 0 Å². The van der Waals surface area contributed by atoms with Crippen LogP contribution in [0.25, 0.3) is 20.8 Å².